The van der Waals surface area contributed by atoms with E-state index in [4.69, 9.17) is 14.6 Å². The first kappa shape index (κ1) is 11.4. The number of hydrogen-bond donors (Lipinski definition) is 1. The van der Waals surface area contributed by atoms with Crippen LogP contribution in [-0.2, 0) is 0 Å². The topological polar surface area (TPSA) is 52.3 Å². The minimum Gasteiger partial charge on any atom is -0.461 e. The highest BCUT2D eigenvalue weighted by atomic mass is 16.3. The Morgan fingerprint density at radius 1 is 1.11 bits per heavy atom. The molecule has 2 heterocycles. The zero-order valence-electron chi connectivity index (χ0n) is 10.9. The highest BCUT2D eigenvalue weighted by Gasteiger charge is 2.18. The van der Waals surface area contributed by atoms with Crippen LogP contribution in [0.2, 0.25) is 0 Å². The molecule has 0 radical (unpaired) electrons. The molecule has 0 saturated carbocycles. The number of aryl methyl sites for hydroxylation is 2. The summed E-state index contributed by atoms with van der Waals surface area (Å²) < 4.78 is 11.6. The predicted molar refractivity (Wildman–Crippen MR) is 72.9 cm³/mol. The van der Waals surface area contributed by atoms with Gasteiger partial charge in [-0.1, -0.05) is 6.92 Å². The van der Waals surface area contributed by atoms with Crippen LogP contribution in [0, 0.1) is 13.8 Å². The highest BCUT2D eigenvalue weighted by Crippen LogP contribution is 2.36. The molecule has 0 aliphatic rings. The second-order valence-corrected chi connectivity index (χ2v) is 4.97. The fourth-order valence-electron chi connectivity index (χ4n) is 2.57. The molecular weight excluding hydrogens is 226 g/mol. The Balaban J connectivity index is 2.47. The normalized spacial score (nSPS) is 13.6. The van der Waals surface area contributed by atoms with Crippen LogP contribution in [0.3, 0.4) is 0 Å². The number of benzene rings is 1. The average Bonchev–Trinajstić information content (AvgIpc) is 2.85. The maximum absolute atomic E-state index is 5.84. The third-order valence-electron chi connectivity index (χ3n) is 3.44. The van der Waals surface area contributed by atoms with Gasteiger partial charge in [-0.15, -0.1) is 0 Å². The fraction of sp³-hybridized carbons (Fsp3) is 0.333. The first-order valence-corrected chi connectivity index (χ1v) is 6.23. The van der Waals surface area contributed by atoms with Gasteiger partial charge in [-0.05, 0) is 44.5 Å². The molecule has 0 aliphatic heterocycles. The Kier molecular flexibility index (Phi) is 2.45. The lowest BCUT2D eigenvalue weighted by atomic mass is 9.95. The molecule has 3 aromatic rings. The van der Waals surface area contributed by atoms with E-state index < -0.39 is 0 Å². The van der Waals surface area contributed by atoms with Gasteiger partial charge in [0.25, 0.3) is 0 Å². The van der Waals surface area contributed by atoms with Crippen molar-refractivity contribution in [2.75, 3.05) is 6.54 Å². The molecule has 3 rings (SSSR count). The van der Waals surface area contributed by atoms with Crippen molar-refractivity contribution in [3.63, 3.8) is 0 Å². The van der Waals surface area contributed by atoms with Crippen molar-refractivity contribution in [1.29, 1.82) is 0 Å². The summed E-state index contributed by atoms with van der Waals surface area (Å²) in [4.78, 5) is 0. The molecule has 18 heavy (non-hydrogen) atoms. The van der Waals surface area contributed by atoms with E-state index in [1.807, 2.05) is 26.0 Å². The minimum atomic E-state index is 0.249. The lowest BCUT2D eigenvalue weighted by Crippen LogP contribution is -2.09. The molecule has 1 unspecified atom stereocenters. The summed E-state index contributed by atoms with van der Waals surface area (Å²) in [7, 11) is 0. The third kappa shape index (κ3) is 1.55. The smallest absolute Gasteiger partial charge is 0.138 e. The largest absolute Gasteiger partial charge is 0.461 e. The molecule has 0 spiro atoms. The molecule has 0 saturated heterocycles. The zero-order valence-corrected chi connectivity index (χ0v) is 10.9. The Morgan fingerprint density at radius 2 is 1.83 bits per heavy atom. The SMILES string of the molecule is Cc1cc2c(C(C)CN)c3oc(C)cc3cc2o1. The Morgan fingerprint density at radius 3 is 2.56 bits per heavy atom. The molecule has 1 aromatic carbocycles. The predicted octanol–water partition coefficient (Wildman–Crippen LogP) is 3.86. The lowest BCUT2D eigenvalue weighted by molar-refractivity contribution is 0.569. The summed E-state index contributed by atoms with van der Waals surface area (Å²) in [5.74, 6) is 2.08. The van der Waals surface area contributed by atoms with Gasteiger partial charge in [0.15, 0.2) is 0 Å². The Hall–Kier alpha value is -1.74. The molecule has 2 aromatic heterocycles. The molecule has 0 aliphatic carbocycles. The van der Waals surface area contributed by atoms with Crippen LogP contribution in [0.5, 0.6) is 0 Å². The van der Waals surface area contributed by atoms with Crippen molar-refractivity contribution in [2.45, 2.75) is 26.7 Å². The van der Waals surface area contributed by atoms with Crippen molar-refractivity contribution < 1.29 is 8.83 Å². The molecular formula is C15H17NO2. The van der Waals surface area contributed by atoms with Gasteiger partial charge < -0.3 is 14.6 Å². The second-order valence-electron chi connectivity index (χ2n) is 4.97. The first-order valence-electron chi connectivity index (χ1n) is 6.23. The molecule has 1 atom stereocenters. The van der Waals surface area contributed by atoms with Crippen molar-refractivity contribution in [2.24, 2.45) is 5.73 Å². The van der Waals surface area contributed by atoms with Crippen LogP contribution in [0.4, 0.5) is 0 Å². The van der Waals surface area contributed by atoms with Crippen LogP contribution in [0.15, 0.2) is 27.0 Å². The fourth-order valence-corrected chi connectivity index (χ4v) is 2.57. The lowest BCUT2D eigenvalue weighted by Gasteiger charge is -2.10. The number of hydrogen-bond acceptors (Lipinski definition) is 3. The van der Waals surface area contributed by atoms with Crippen LogP contribution >= 0.6 is 0 Å². The molecule has 0 bridgehead atoms. The van der Waals surface area contributed by atoms with Gasteiger partial charge >= 0.3 is 0 Å². The van der Waals surface area contributed by atoms with Gasteiger partial charge in [0.05, 0.1) is 0 Å². The van der Waals surface area contributed by atoms with E-state index in [0.717, 1.165) is 39.0 Å². The van der Waals surface area contributed by atoms with Crippen LogP contribution in [0.25, 0.3) is 21.9 Å². The van der Waals surface area contributed by atoms with E-state index in [1.165, 1.54) is 0 Å². The maximum atomic E-state index is 5.84. The molecule has 0 amide bonds. The van der Waals surface area contributed by atoms with Crippen molar-refractivity contribution in [3.8, 4) is 0 Å². The van der Waals surface area contributed by atoms with Gasteiger partial charge in [0, 0.05) is 16.3 Å². The van der Waals surface area contributed by atoms with Gasteiger partial charge in [-0.2, -0.15) is 0 Å². The van der Waals surface area contributed by atoms with Crippen LogP contribution in [-0.4, -0.2) is 6.54 Å². The van der Waals surface area contributed by atoms with Gasteiger partial charge in [-0.25, -0.2) is 0 Å². The van der Waals surface area contributed by atoms with E-state index >= 15 is 0 Å². The maximum Gasteiger partial charge on any atom is 0.138 e. The van der Waals surface area contributed by atoms with Gasteiger partial charge in [0.1, 0.15) is 22.7 Å². The summed E-state index contributed by atoms with van der Waals surface area (Å²) in [6.07, 6.45) is 0. The second kappa shape index (κ2) is 3.89. The number of furan rings is 2. The Bertz CT molecular complexity index is 666. The van der Waals surface area contributed by atoms with E-state index in [2.05, 4.69) is 13.0 Å². The molecule has 0 fully saturated rings. The van der Waals surface area contributed by atoms with E-state index in [1.54, 1.807) is 0 Å². The van der Waals surface area contributed by atoms with Gasteiger partial charge in [-0.3, -0.25) is 0 Å². The van der Waals surface area contributed by atoms with Crippen molar-refractivity contribution >= 4 is 21.9 Å². The monoisotopic (exact) mass is 243 g/mol. The number of rotatable bonds is 2. The Labute approximate surface area is 106 Å². The van der Waals surface area contributed by atoms with Crippen LogP contribution in [0.1, 0.15) is 29.9 Å². The molecule has 2 N–H and O–H groups in total. The van der Waals surface area contributed by atoms with E-state index in [-0.39, 0.29) is 5.92 Å². The molecule has 3 heteroatoms. The molecule has 94 valence electrons. The van der Waals surface area contributed by atoms with E-state index in [9.17, 15) is 0 Å². The van der Waals surface area contributed by atoms with Gasteiger partial charge in [0.2, 0.25) is 0 Å². The zero-order chi connectivity index (χ0) is 12.9. The summed E-state index contributed by atoms with van der Waals surface area (Å²) in [5.41, 5.74) is 8.85. The van der Waals surface area contributed by atoms with Crippen LogP contribution < -0.4 is 5.73 Å². The quantitative estimate of drug-likeness (QED) is 0.743. The molecule has 3 nitrogen and oxygen atoms in total. The average molecular weight is 243 g/mol. The van der Waals surface area contributed by atoms with Crippen molar-refractivity contribution in [3.05, 3.63) is 35.3 Å². The third-order valence-corrected chi connectivity index (χ3v) is 3.44. The van der Waals surface area contributed by atoms with Crippen molar-refractivity contribution in [1.82, 2.24) is 0 Å². The van der Waals surface area contributed by atoms with E-state index in [0.29, 0.717) is 6.54 Å². The summed E-state index contributed by atoms with van der Waals surface area (Å²) >= 11 is 0. The highest BCUT2D eigenvalue weighted by molar-refractivity contribution is 5.98. The minimum absolute atomic E-state index is 0.249. The number of fused-ring (bicyclic) bond motifs is 2. The summed E-state index contributed by atoms with van der Waals surface area (Å²) in [5, 5.41) is 2.21. The summed E-state index contributed by atoms with van der Waals surface area (Å²) in [6, 6.07) is 6.15. The first-order chi connectivity index (χ1) is 8.60. The standard InChI is InChI=1S/C15H17NO2/c1-8(7-16)14-12-5-10(3)17-13(12)6-11-4-9(2)18-15(11)14/h4-6,8H,7,16H2,1-3H3. The number of nitrogens with two attached hydrogens (primary N) is 1. The summed E-state index contributed by atoms with van der Waals surface area (Å²) in [6.45, 7) is 6.64.